The van der Waals surface area contributed by atoms with Crippen LogP contribution < -0.4 is 9.47 Å². The molecule has 2 aliphatic rings. The largest absolute Gasteiger partial charge is 0.449 e. The molecule has 0 spiro atoms. The van der Waals surface area contributed by atoms with E-state index < -0.39 is 0 Å². The van der Waals surface area contributed by atoms with E-state index in [-0.39, 0.29) is 5.41 Å². The van der Waals surface area contributed by atoms with Gasteiger partial charge in [-0.2, -0.15) is 0 Å². The number of hydrogen-bond donors (Lipinski definition) is 0. The molecule has 1 aliphatic carbocycles. The van der Waals surface area contributed by atoms with Gasteiger partial charge in [0.1, 0.15) is 0 Å². The Balaban J connectivity index is 1.02. The molecule has 0 amide bonds. The van der Waals surface area contributed by atoms with Crippen molar-refractivity contribution in [1.29, 1.82) is 0 Å². The van der Waals surface area contributed by atoms with Gasteiger partial charge >= 0.3 is 0 Å². The summed E-state index contributed by atoms with van der Waals surface area (Å²) in [6.45, 7) is 4.54. The third kappa shape index (κ3) is 4.73. The molecule has 8 aromatic rings. The summed E-state index contributed by atoms with van der Waals surface area (Å²) in [5.74, 6) is 4.77. The smallest absolute Gasteiger partial charge is 0.178 e. The lowest BCUT2D eigenvalue weighted by atomic mass is 9.82. The monoisotopic (exact) mass is 657 g/mol. The fraction of sp³-hybridized carbons (Fsp3) is 0.0652. The second-order valence-electron chi connectivity index (χ2n) is 13.6. The van der Waals surface area contributed by atoms with E-state index in [0.717, 1.165) is 50.3 Å². The van der Waals surface area contributed by atoms with Gasteiger partial charge in [0.25, 0.3) is 0 Å². The zero-order valence-corrected chi connectivity index (χ0v) is 28.1. The van der Waals surface area contributed by atoms with Gasteiger partial charge < -0.3 is 9.47 Å². The third-order valence-electron chi connectivity index (χ3n) is 10.2. The molecule has 2 heterocycles. The molecule has 0 fully saturated rings. The molecule has 1 aromatic heterocycles. The van der Waals surface area contributed by atoms with Gasteiger partial charge in [-0.25, -0.2) is 15.0 Å². The van der Waals surface area contributed by atoms with Crippen molar-refractivity contribution in [3.8, 4) is 79.4 Å². The highest BCUT2D eigenvalue weighted by molar-refractivity contribution is 5.89. The first-order chi connectivity index (χ1) is 25.0. The average molecular weight is 658 g/mol. The molecule has 5 heteroatoms. The molecule has 0 radical (unpaired) electrons. The van der Waals surface area contributed by atoms with E-state index in [0.29, 0.717) is 29.0 Å². The Kier molecular flexibility index (Phi) is 6.46. The van der Waals surface area contributed by atoms with Crippen molar-refractivity contribution in [1.82, 2.24) is 15.0 Å². The first-order valence-corrected chi connectivity index (χ1v) is 17.2. The summed E-state index contributed by atoms with van der Waals surface area (Å²) in [6, 6.07) is 51.9. The van der Waals surface area contributed by atoms with Gasteiger partial charge in [-0.3, -0.25) is 0 Å². The highest BCUT2D eigenvalue weighted by Gasteiger charge is 2.39. The zero-order chi connectivity index (χ0) is 34.1. The van der Waals surface area contributed by atoms with Crippen LogP contribution in [0.2, 0.25) is 0 Å². The van der Waals surface area contributed by atoms with Gasteiger partial charge in [-0.1, -0.05) is 147 Å². The Hall–Kier alpha value is -6.59. The van der Waals surface area contributed by atoms with Crippen molar-refractivity contribution in [2.24, 2.45) is 0 Å². The third-order valence-corrected chi connectivity index (χ3v) is 10.2. The van der Waals surface area contributed by atoms with Crippen LogP contribution >= 0.6 is 0 Å². The Morgan fingerprint density at radius 1 is 0.412 bits per heavy atom. The highest BCUT2D eigenvalue weighted by Crippen LogP contribution is 2.59. The van der Waals surface area contributed by atoms with Crippen LogP contribution in [0.5, 0.6) is 23.0 Å². The Bertz CT molecular complexity index is 2670. The van der Waals surface area contributed by atoms with Crippen molar-refractivity contribution in [2.75, 3.05) is 0 Å². The first-order valence-electron chi connectivity index (χ1n) is 17.2. The maximum atomic E-state index is 6.71. The van der Waals surface area contributed by atoms with E-state index in [9.17, 15) is 0 Å². The Morgan fingerprint density at radius 2 is 1.00 bits per heavy atom. The second kappa shape index (κ2) is 11.2. The van der Waals surface area contributed by atoms with Crippen LogP contribution in [0.3, 0.4) is 0 Å². The van der Waals surface area contributed by atoms with Crippen LogP contribution in [-0.2, 0) is 5.41 Å². The predicted octanol–water partition coefficient (Wildman–Crippen LogP) is 11.9. The molecule has 0 saturated heterocycles. The predicted molar refractivity (Wildman–Crippen MR) is 203 cm³/mol. The van der Waals surface area contributed by atoms with E-state index >= 15 is 0 Å². The van der Waals surface area contributed by atoms with Gasteiger partial charge in [0.15, 0.2) is 40.5 Å². The van der Waals surface area contributed by atoms with E-state index in [1.54, 1.807) is 0 Å². The SMILES string of the molecule is CC1(C)c2ccccc2-c2c1ccc1c2Oc2cccc(-c3ccc(-c4nc(-c5ccccc5)nc(-c5ccc6ccccc6c5)n4)cc3)c2O1. The van der Waals surface area contributed by atoms with E-state index in [2.05, 4.69) is 111 Å². The van der Waals surface area contributed by atoms with Gasteiger partial charge in [0.05, 0.1) is 0 Å². The molecule has 242 valence electrons. The molecule has 10 rings (SSSR count). The quantitative estimate of drug-likeness (QED) is 0.188. The molecule has 0 saturated carbocycles. The van der Waals surface area contributed by atoms with Gasteiger partial charge in [0, 0.05) is 33.2 Å². The summed E-state index contributed by atoms with van der Waals surface area (Å²) >= 11 is 0. The van der Waals surface area contributed by atoms with Crippen molar-refractivity contribution in [3.63, 3.8) is 0 Å². The summed E-state index contributed by atoms with van der Waals surface area (Å²) in [4.78, 5) is 14.9. The first kappa shape index (κ1) is 29.3. The van der Waals surface area contributed by atoms with Crippen molar-refractivity contribution < 1.29 is 9.47 Å². The number of ether oxygens (including phenoxy) is 2. The fourth-order valence-corrected chi connectivity index (χ4v) is 7.55. The number of rotatable bonds is 4. The van der Waals surface area contributed by atoms with Gasteiger partial charge in [0.2, 0.25) is 0 Å². The minimum absolute atomic E-state index is 0.120. The van der Waals surface area contributed by atoms with Gasteiger partial charge in [-0.15, -0.1) is 0 Å². The molecular weight excluding hydrogens is 627 g/mol. The van der Waals surface area contributed by atoms with Crippen LogP contribution in [0.25, 0.3) is 67.2 Å². The highest BCUT2D eigenvalue weighted by atomic mass is 16.6. The molecule has 0 atom stereocenters. The van der Waals surface area contributed by atoms with Crippen LogP contribution in [0.4, 0.5) is 0 Å². The number of nitrogens with zero attached hydrogens (tertiary/aromatic N) is 3. The maximum Gasteiger partial charge on any atom is 0.178 e. The molecule has 51 heavy (non-hydrogen) atoms. The minimum atomic E-state index is -0.120. The number of aromatic nitrogens is 3. The summed E-state index contributed by atoms with van der Waals surface area (Å²) in [7, 11) is 0. The number of hydrogen-bond acceptors (Lipinski definition) is 5. The molecule has 0 unspecified atom stereocenters. The summed E-state index contributed by atoms with van der Waals surface area (Å²) < 4.78 is 13.4. The molecule has 5 nitrogen and oxygen atoms in total. The maximum absolute atomic E-state index is 6.71. The molecule has 0 bridgehead atoms. The topological polar surface area (TPSA) is 57.1 Å². The number of para-hydroxylation sites is 1. The fourth-order valence-electron chi connectivity index (χ4n) is 7.55. The molecule has 7 aromatic carbocycles. The standard InChI is InChI=1S/C46H31N3O2/c1-46(2)36-17-9-8-15-35(36)40-37(46)25-26-39-42(40)51-38-18-10-16-34(41(38)50-39)29-20-22-31(23-21-29)44-47-43(30-12-4-3-5-13-30)48-45(49-44)33-24-19-28-11-6-7-14-32(28)27-33/h3-27H,1-2H3. The van der Waals surface area contributed by atoms with Crippen molar-refractivity contribution in [2.45, 2.75) is 19.3 Å². The van der Waals surface area contributed by atoms with Crippen LogP contribution in [0, 0.1) is 0 Å². The van der Waals surface area contributed by atoms with E-state index in [1.165, 1.54) is 22.1 Å². The Labute approximate surface area is 295 Å². The zero-order valence-electron chi connectivity index (χ0n) is 28.1. The van der Waals surface area contributed by atoms with Crippen LogP contribution in [0.15, 0.2) is 152 Å². The summed E-state index contributed by atoms with van der Waals surface area (Å²) in [6.07, 6.45) is 0. The van der Waals surface area contributed by atoms with E-state index in [4.69, 9.17) is 24.4 Å². The lowest BCUT2D eigenvalue weighted by Crippen LogP contribution is -2.15. The lowest BCUT2D eigenvalue weighted by Gasteiger charge is -2.26. The average Bonchev–Trinajstić information content (AvgIpc) is 3.43. The number of fused-ring (bicyclic) bond motifs is 7. The van der Waals surface area contributed by atoms with Crippen molar-refractivity contribution in [3.05, 3.63) is 163 Å². The molecule has 1 aliphatic heterocycles. The normalized spacial score (nSPS) is 13.4. The summed E-state index contributed by atoms with van der Waals surface area (Å²) in [5, 5.41) is 2.31. The van der Waals surface area contributed by atoms with Crippen LogP contribution in [-0.4, -0.2) is 15.0 Å². The summed E-state index contributed by atoms with van der Waals surface area (Å²) in [5.41, 5.74) is 9.46. The van der Waals surface area contributed by atoms with Gasteiger partial charge in [-0.05, 0) is 51.2 Å². The molecular formula is C46H31N3O2. The van der Waals surface area contributed by atoms with Crippen LogP contribution in [0.1, 0.15) is 25.0 Å². The molecule has 0 N–H and O–H groups in total. The minimum Gasteiger partial charge on any atom is -0.449 e. The van der Waals surface area contributed by atoms with Crippen molar-refractivity contribution >= 4 is 10.8 Å². The number of benzene rings is 7. The Morgan fingerprint density at radius 3 is 1.80 bits per heavy atom. The van der Waals surface area contributed by atoms with E-state index in [1.807, 2.05) is 54.6 Å². The second-order valence-corrected chi connectivity index (χ2v) is 13.6. The lowest BCUT2D eigenvalue weighted by molar-refractivity contribution is 0.361.